The number of nitrogens with one attached hydrogen (secondary N) is 1. The van der Waals surface area contributed by atoms with E-state index in [1.54, 1.807) is 41.9 Å². The maximum absolute atomic E-state index is 9.30. The third-order valence-corrected chi connectivity index (χ3v) is 4.49. The summed E-state index contributed by atoms with van der Waals surface area (Å²) in [6, 6.07) is 8.87. The number of phenolic OH excluding ortho intramolecular Hbond substituents is 1. The summed E-state index contributed by atoms with van der Waals surface area (Å²) in [5.74, 6) is 0.244. The van der Waals surface area contributed by atoms with Crippen molar-refractivity contribution in [3.63, 3.8) is 0 Å². The maximum atomic E-state index is 9.30. The Morgan fingerprint density at radius 3 is 2.65 bits per heavy atom. The lowest BCUT2D eigenvalue weighted by Gasteiger charge is -2.13. The zero-order valence-corrected chi connectivity index (χ0v) is 14.1. The zero-order valence-electron chi connectivity index (χ0n) is 13.2. The van der Waals surface area contributed by atoms with E-state index in [0.29, 0.717) is 0 Å². The van der Waals surface area contributed by atoms with Crippen LogP contribution in [0.1, 0.15) is 4.88 Å². The summed E-state index contributed by atoms with van der Waals surface area (Å²) < 4.78 is 0. The Balaban J connectivity index is 1.94. The third-order valence-electron chi connectivity index (χ3n) is 3.49. The van der Waals surface area contributed by atoms with Crippen LogP contribution in [0.4, 0.5) is 17.1 Å². The number of pyridine rings is 1. The lowest BCUT2D eigenvalue weighted by molar-refractivity contribution is 0.475. The van der Waals surface area contributed by atoms with Crippen molar-refractivity contribution in [2.75, 3.05) is 24.3 Å². The fraction of sp³-hybridized carbons (Fsp3) is 0.176. The molecule has 3 rings (SSSR count). The topological polar surface area (TPSA) is 60.8 Å². The van der Waals surface area contributed by atoms with E-state index < -0.39 is 0 Å². The molecule has 0 atom stereocenters. The Bertz CT molecular complexity index is 853. The van der Waals surface area contributed by atoms with E-state index in [9.17, 15) is 5.11 Å². The van der Waals surface area contributed by atoms with E-state index in [2.05, 4.69) is 27.1 Å². The zero-order chi connectivity index (χ0) is 16.4. The van der Waals surface area contributed by atoms with Crippen LogP contribution in [0.15, 0.2) is 41.5 Å². The van der Waals surface area contributed by atoms with Gasteiger partial charge in [0.05, 0.1) is 23.1 Å². The summed E-state index contributed by atoms with van der Waals surface area (Å²) >= 11 is 1.65. The van der Waals surface area contributed by atoms with E-state index in [1.165, 1.54) is 0 Å². The van der Waals surface area contributed by atoms with Crippen LogP contribution >= 0.6 is 11.3 Å². The Morgan fingerprint density at radius 2 is 1.96 bits per heavy atom. The molecular formula is C17H18N4OS. The van der Waals surface area contributed by atoms with Crippen molar-refractivity contribution in [1.82, 2.24) is 4.98 Å². The molecule has 0 spiro atoms. The van der Waals surface area contributed by atoms with Crippen LogP contribution in [-0.2, 0) is 0 Å². The van der Waals surface area contributed by atoms with Crippen LogP contribution in [0.2, 0.25) is 0 Å². The lowest BCUT2D eigenvalue weighted by Crippen LogP contribution is -2.08. The summed E-state index contributed by atoms with van der Waals surface area (Å²) in [6.45, 7) is 2.05. The third kappa shape index (κ3) is 3.12. The van der Waals surface area contributed by atoms with Gasteiger partial charge in [0.2, 0.25) is 0 Å². The molecule has 0 aliphatic carbocycles. The molecule has 6 heteroatoms. The quantitative estimate of drug-likeness (QED) is 0.429. The highest BCUT2D eigenvalue weighted by molar-refractivity contribution is 7.19. The first kappa shape index (κ1) is 15.3. The number of hydrogen-bond acceptors (Lipinski definition) is 5. The first-order valence-corrected chi connectivity index (χ1v) is 8.01. The number of aromatic hydroxyl groups is 1. The smallest absolute Gasteiger partial charge is 0.127 e. The van der Waals surface area contributed by atoms with Crippen LogP contribution in [0, 0.1) is 6.92 Å². The minimum atomic E-state index is 0.244. The number of aliphatic imine (C=N–C) groups is 1. The standard InChI is InChI=1S/C17H18N4OS/c1-11-16(20-10-19-12-4-6-13(22)7-5-12)15-14(21(2)3)8-9-18-17(15)23-11/h4-10,22H,1-3H3,(H,19,20). The number of hydrogen-bond donors (Lipinski definition) is 2. The average Bonchev–Trinajstić information content (AvgIpc) is 2.85. The first-order chi connectivity index (χ1) is 11.1. The Kier molecular flexibility index (Phi) is 4.16. The highest BCUT2D eigenvalue weighted by atomic mass is 32.1. The van der Waals surface area contributed by atoms with Crippen LogP contribution in [0.25, 0.3) is 10.2 Å². The Hall–Kier alpha value is -2.60. The van der Waals surface area contributed by atoms with E-state index in [-0.39, 0.29) is 5.75 Å². The van der Waals surface area contributed by atoms with Gasteiger partial charge in [-0.2, -0.15) is 0 Å². The second-order valence-corrected chi connectivity index (χ2v) is 6.56. The summed E-state index contributed by atoms with van der Waals surface area (Å²) in [7, 11) is 4.04. The first-order valence-electron chi connectivity index (χ1n) is 7.20. The summed E-state index contributed by atoms with van der Waals surface area (Å²) in [4.78, 5) is 13.2. The van der Waals surface area contributed by atoms with Gasteiger partial charge >= 0.3 is 0 Å². The molecule has 0 radical (unpaired) electrons. The predicted octanol–water partition coefficient (Wildman–Crippen LogP) is 4.15. The van der Waals surface area contributed by atoms with Crippen LogP contribution in [-0.4, -0.2) is 30.5 Å². The molecule has 0 aliphatic heterocycles. The van der Waals surface area contributed by atoms with Gasteiger partial charge in [0.1, 0.15) is 10.6 Å². The highest BCUT2D eigenvalue weighted by Gasteiger charge is 2.14. The maximum Gasteiger partial charge on any atom is 0.127 e. The van der Waals surface area contributed by atoms with E-state index in [1.807, 2.05) is 26.4 Å². The molecule has 0 saturated heterocycles. The van der Waals surface area contributed by atoms with Crippen molar-refractivity contribution >= 4 is 45.0 Å². The minimum absolute atomic E-state index is 0.244. The van der Waals surface area contributed by atoms with Gasteiger partial charge in [0, 0.05) is 30.9 Å². The molecule has 2 aromatic heterocycles. The lowest BCUT2D eigenvalue weighted by atomic mass is 10.2. The summed E-state index contributed by atoms with van der Waals surface area (Å²) in [5, 5.41) is 13.5. The molecule has 2 heterocycles. The van der Waals surface area contributed by atoms with E-state index in [0.717, 1.165) is 32.2 Å². The second-order valence-electron chi connectivity index (χ2n) is 5.36. The number of rotatable bonds is 4. The van der Waals surface area contributed by atoms with Gasteiger partial charge in [0.25, 0.3) is 0 Å². The molecule has 0 fully saturated rings. The summed E-state index contributed by atoms with van der Waals surface area (Å²) in [6.07, 6.45) is 3.50. The highest BCUT2D eigenvalue weighted by Crippen LogP contribution is 2.41. The molecule has 0 amide bonds. The molecule has 0 bridgehead atoms. The molecule has 118 valence electrons. The number of fused-ring (bicyclic) bond motifs is 1. The molecule has 3 aromatic rings. The van der Waals surface area contributed by atoms with Crippen molar-refractivity contribution in [2.45, 2.75) is 6.92 Å². The summed E-state index contributed by atoms with van der Waals surface area (Å²) in [5.41, 5.74) is 2.92. The minimum Gasteiger partial charge on any atom is -0.508 e. The van der Waals surface area contributed by atoms with Gasteiger partial charge in [-0.15, -0.1) is 11.3 Å². The van der Waals surface area contributed by atoms with Crippen LogP contribution < -0.4 is 10.2 Å². The Labute approximate surface area is 138 Å². The second kappa shape index (κ2) is 6.26. The van der Waals surface area contributed by atoms with Gasteiger partial charge in [-0.25, -0.2) is 9.98 Å². The predicted molar refractivity (Wildman–Crippen MR) is 98.6 cm³/mol. The number of phenols is 1. The molecule has 0 aliphatic rings. The largest absolute Gasteiger partial charge is 0.508 e. The van der Waals surface area contributed by atoms with Crippen molar-refractivity contribution in [2.24, 2.45) is 4.99 Å². The monoisotopic (exact) mass is 326 g/mol. The van der Waals surface area contributed by atoms with Crippen molar-refractivity contribution in [3.8, 4) is 5.75 Å². The molecule has 0 saturated carbocycles. The number of nitrogens with zero attached hydrogens (tertiary/aromatic N) is 3. The van der Waals surface area contributed by atoms with E-state index >= 15 is 0 Å². The van der Waals surface area contributed by atoms with Gasteiger partial charge in [-0.3, -0.25) is 0 Å². The van der Waals surface area contributed by atoms with Crippen molar-refractivity contribution < 1.29 is 5.11 Å². The fourth-order valence-corrected chi connectivity index (χ4v) is 3.32. The van der Waals surface area contributed by atoms with Crippen molar-refractivity contribution in [1.29, 1.82) is 0 Å². The van der Waals surface area contributed by atoms with Gasteiger partial charge in [-0.1, -0.05) is 0 Å². The van der Waals surface area contributed by atoms with Gasteiger partial charge < -0.3 is 15.3 Å². The normalized spacial score (nSPS) is 11.3. The number of benzene rings is 1. The molecule has 2 N–H and O–H groups in total. The molecule has 1 aromatic carbocycles. The number of aryl methyl sites for hydroxylation is 1. The fourth-order valence-electron chi connectivity index (χ4n) is 2.36. The molecule has 5 nitrogen and oxygen atoms in total. The van der Waals surface area contributed by atoms with Gasteiger partial charge in [-0.05, 0) is 37.3 Å². The van der Waals surface area contributed by atoms with E-state index in [4.69, 9.17) is 0 Å². The molecule has 0 unspecified atom stereocenters. The number of thiophene rings is 1. The van der Waals surface area contributed by atoms with Gasteiger partial charge in [0.15, 0.2) is 0 Å². The van der Waals surface area contributed by atoms with Crippen LogP contribution in [0.5, 0.6) is 5.75 Å². The Morgan fingerprint density at radius 1 is 1.22 bits per heavy atom. The number of aromatic nitrogens is 1. The van der Waals surface area contributed by atoms with Crippen LogP contribution in [0.3, 0.4) is 0 Å². The molecule has 23 heavy (non-hydrogen) atoms. The SMILES string of the molecule is Cc1sc2nccc(N(C)C)c2c1N=CNc1ccc(O)cc1. The molecular weight excluding hydrogens is 308 g/mol. The number of anilines is 2. The average molecular weight is 326 g/mol. The van der Waals surface area contributed by atoms with Crippen molar-refractivity contribution in [3.05, 3.63) is 41.4 Å².